The molecule has 1 heterocycles. The van der Waals surface area contributed by atoms with Gasteiger partial charge in [0.05, 0.1) is 39.0 Å². The molecule has 5 nitrogen and oxygen atoms in total. The number of quaternary nitrogens is 1. The molecule has 2 aliphatic rings. The number of amides is 1. The van der Waals surface area contributed by atoms with Crippen molar-refractivity contribution in [2.45, 2.75) is 45.1 Å². The first-order valence-electron chi connectivity index (χ1n) is 10.2. The molecule has 0 radical (unpaired) electrons. The van der Waals surface area contributed by atoms with Gasteiger partial charge in [0.25, 0.3) is 5.91 Å². The second-order valence-corrected chi connectivity index (χ2v) is 7.79. The van der Waals surface area contributed by atoms with Crippen molar-refractivity contribution in [1.82, 2.24) is 5.32 Å². The number of methoxy groups -OCH3 is 1. The SMILES string of the molecule is COc1ccccc1N1CC[NH+]([C@H](C)C(=O)NCC2CCCCC2)CC1. The lowest BCUT2D eigenvalue weighted by molar-refractivity contribution is -0.914. The number of anilines is 1. The molecule has 0 unspecified atom stereocenters. The molecule has 1 aliphatic carbocycles. The quantitative estimate of drug-likeness (QED) is 0.808. The Labute approximate surface area is 157 Å². The summed E-state index contributed by atoms with van der Waals surface area (Å²) in [6.07, 6.45) is 6.57. The number of hydrogen-bond donors (Lipinski definition) is 2. The molecule has 144 valence electrons. The zero-order valence-electron chi connectivity index (χ0n) is 16.3. The van der Waals surface area contributed by atoms with Gasteiger partial charge in [-0.3, -0.25) is 4.79 Å². The minimum atomic E-state index is 0.0263. The van der Waals surface area contributed by atoms with Gasteiger partial charge in [-0.15, -0.1) is 0 Å². The van der Waals surface area contributed by atoms with E-state index in [4.69, 9.17) is 4.74 Å². The summed E-state index contributed by atoms with van der Waals surface area (Å²) in [4.78, 5) is 16.3. The zero-order valence-corrected chi connectivity index (χ0v) is 16.3. The van der Waals surface area contributed by atoms with Gasteiger partial charge >= 0.3 is 0 Å². The fourth-order valence-electron chi connectivity index (χ4n) is 4.33. The Kier molecular flexibility index (Phi) is 6.78. The molecular weight excluding hydrogens is 326 g/mol. The molecule has 0 aromatic heterocycles. The molecule has 1 aromatic rings. The number of piperazine rings is 1. The first-order valence-corrected chi connectivity index (χ1v) is 10.2. The third kappa shape index (κ3) is 4.70. The number of nitrogens with zero attached hydrogens (tertiary/aromatic N) is 1. The molecular formula is C21H34N3O2+. The van der Waals surface area contributed by atoms with Crippen LogP contribution in [-0.2, 0) is 4.79 Å². The van der Waals surface area contributed by atoms with E-state index in [1.54, 1.807) is 7.11 Å². The van der Waals surface area contributed by atoms with Crippen molar-refractivity contribution >= 4 is 11.6 Å². The lowest BCUT2D eigenvalue weighted by Gasteiger charge is -2.36. The number of benzene rings is 1. The van der Waals surface area contributed by atoms with Crippen molar-refractivity contribution in [3.63, 3.8) is 0 Å². The van der Waals surface area contributed by atoms with E-state index in [-0.39, 0.29) is 11.9 Å². The second kappa shape index (κ2) is 9.26. The highest BCUT2D eigenvalue weighted by Gasteiger charge is 2.30. The highest BCUT2D eigenvalue weighted by atomic mass is 16.5. The number of para-hydroxylation sites is 2. The first-order chi connectivity index (χ1) is 12.7. The number of ether oxygens (including phenoxy) is 1. The smallest absolute Gasteiger partial charge is 0.278 e. The lowest BCUT2D eigenvalue weighted by atomic mass is 9.89. The third-order valence-electron chi connectivity index (χ3n) is 6.13. The minimum absolute atomic E-state index is 0.0263. The highest BCUT2D eigenvalue weighted by Crippen LogP contribution is 2.27. The summed E-state index contributed by atoms with van der Waals surface area (Å²) < 4.78 is 5.49. The zero-order chi connectivity index (χ0) is 18.4. The van der Waals surface area contributed by atoms with Crippen LogP contribution in [-0.4, -0.2) is 51.8 Å². The molecule has 1 aromatic carbocycles. The average Bonchev–Trinajstić information content (AvgIpc) is 2.72. The van der Waals surface area contributed by atoms with Gasteiger partial charge in [-0.1, -0.05) is 31.4 Å². The summed E-state index contributed by atoms with van der Waals surface area (Å²) in [5.74, 6) is 1.84. The van der Waals surface area contributed by atoms with Crippen LogP contribution in [0.2, 0.25) is 0 Å². The van der Waals surface area contributed by atoms with Gasteiger partial charge in [-0.25, -0.2) is 0 Å². The third-order valence-corrected chi connectivity index (χ3v) is 6.13. The molecule has 0 bridgehead atoms. The predicted molar refractivity (Wildman–Crippen MR) is 105 cm³/mol. The van der Waals surface area contributed by atoms with Crippen LogP contribution in [0.15, 0.2) is 24.3 Å². The molecule has 1 aliphatic heterocycles. The first kappa shape index (κ1) is 19.0. The van der Waals surface area contributed by atoms with Gasteiger partial charge in [0, 0.05) is 6.54 Å². The van der Waals surface area contributed by atoms with E-state index in [0.717, 1.165) is 44.2 Å². The Bertz CT molecular complexity index is 578. The molecule has 1 saturated heterocycles. The Morgan fingerprint density at radius 2 is 1.92 bits per heavy atom. The van der Waals surface area contributed by atoms with Crippen LogP contribution in [0.4, 0.5) is 5.69 Å². The molecule has 2 N–H and O–H groups in total. The average molecular weight is 361 g/mol. The van der Waals surface area contributed by atoms with E-state index in [2.05, 4.69) is 29.3 Å². The maximum absolute atomic E-state index is 12.6. The predicted octanol–water partition coefficient (Wildman–Crippen LogP) is 1.49. The molecule has 0 spiro atoms. The van der Waals surface area contributed by atoms with Crippen LogP contribution in [0, 0.1) is 5.92 Å². The number of carbonyl (C=O) groups is 1. The van der Waals surface area contributed by atoms with Gasteiger partial charge in [0.1, 0.15) is 5.75 Å². The van der Waals surface area contributed by atoms with Crippen molar-refractivity contribution < 1.29 is 14.4 Å². The van der Waals surface area contributed by atoms with Crippen LogP contribution in [0.1, 0.15) is 39.0 Å². The van der Waals surface area contributed by atoms with Crippen LogP contribution < -0.4 is 19.9 Å². The Morgan fingerprint density at radius 3 is 2.62 bits per heavy atom. The standard InChI is InChI=1S/C21H33N3O2/c1-17(21(25)22-16-18-8-4-3-5-9-18)23-12-14-24(15-13-23)19-10-6-7-11-20(19)26-2/h6-7,10-11,17-18H,3-5,8-9,12-16H2,1-2H3,(H,22,25)/p+1/t17-/m1/s1. The Balaban J connectivity index is 1.46. The number of carbonyl (C=O) groups excluding carboxylic acids is 1. The highest BCUT2D eigenvalue weighted by molar-refractivity contribution is 5.79. The monoisotopic (exact) mass is 360 g/mol. The van der Waals surface area contributed by atoms with Gasteiger partial charge in [-0.05, 0) is 37.8 Å². The number of nitrogens with one attached hydrogen (secondary N) is 2. The van der Waals surface area contributed by atoms with Crippen LogP contribution in [0.5, 0.6) is 5.75 Å². The van der Waals surface area contributed by atoms with E-state index in [1.165, 1.54) is 37.0 Å². The van der Waals surface area contributed by atoms with Gasteiger partial charge in [-0.2, -0.15) is 0 Å². The summed E-state index contributed by atoms with van der Waals surface area (Å²) >= 11 is 0. The van der Waals surface area contributed by atoms with E-state index in [9.17, 15) is 4.79 Å². The summed E-state index contributed by atoms with van der Waals surface area (Å²) in [6, 6.07) is 8.21. The summed E-state index contributed by atoms with van der Waals surface area (Å²) in [6.45, 7) is 6.81. The van der Waals surface area contributed by atoms with Gasteiger partial charge < -0.3 is 19.9 Å². The molecule has 5 heteroatoms. The largest absolute Gasteiger partial charge is 0.495 e. The molecule has 1 atom stereocenters. The van der Waals surface area contributed by atoms with Gasteiger partial charge in [0.15, 0.2) is 6.04 Å². The minimum Gasteiger partial charge on any atom is -0.495 e. The fraction of sp³-hybridized carbons (Fsp3) is 0.667. The molecule has 1 saturated carbocycles. The summed E-state index contributed by atoms with van der Waals surface area (Å²) in [7, 11) is 1.72. The van der Waals surface area contributed by atoms with Crippen LogP contribution in [0.3, 0.4) is 0 Å². The number of hydrogen-bond acceptors (Lipinski definition) is 3. The van der Waals surface area contributed by atoms with Crippen LogP contribution >= 0.6 is 0 Å². The Morgan fingerprint density at radius 1 is 1.23 bits per heavy atom. The number of rotatable bonds is 6. The molecule has 2 fully saturated rings. The van der Waals surface area contributed by atoms with Crippen LogP contribution in [0.25, 0.3) is 0 Å². The van der Waals surface area contributed by atoms with E-state index >= 15 is 0 Å². The van der Waals surface area contributed by atoms with Crippen molar-refractivity contribution in [3.8, 4) is 5.75 Å². The van der Waals surface area contributed by atoms with Crippen molar-refractivity contribution in [2.75, 3.05) is 44.7 Å². The van der Waals surface area contributed by atoms with Gasteiger partial charge in [0.2, 0.25) is 0 Å². The lowest BCUT2D eigenvalue weighted by Crippen LogP contribution is -3.19. The second-order valence-electron chi connectivity index (χ2n) is 7.79. The van der Waals surface area contributed by atoms with E-state index < -0.39 is 0 Å². The maximum atomic E-state index is 12.6. The van der Waals surface area contributed by atoms with Crippen molar-refractivity contribution in [1.29, 1.82) is 0 Å². The van der Waals surface area contributed by atoms with E-state index in [0.29, 0.717) is 5.92 Å². The van der Waals surface area contributed by atoms with Crippen molar-refractivity contribution in [2.24, 2.45) is 5.92 Å². The fourth-order valence-corrected chi connectivity index (χ4v) is 4.33. The maximum Gasteiger partial charge on any atom is 0.278 e. The molecule has 3 rings (SSSR count). The summed E-state index contributed by atoms with van der Waals surface area (Å²) in [5.41, 5.74) is 1.16. The normalized spacial score (nSPS) is 20.6. The molecule has 26 heavy (non-hydrogen) atoms. The summed E-state index contributed by atoms with van der Waals surface area (Å²) in [5, 5.41) is 3.22. The van der Waals surface area contributed by atoms with Crippen molar-refractivity contribution in [3.05, 3.63) is 24.3 Å². The Hall–Kier alpha value is -1.75. The van der Waals surface area contributed by atoms with E-state index in [1.807, 2.05) is 12.1 Å². The topological polar surface area (TPSA) is 46.0 Å². The molecule has 1 amide bonds.